The lowest BCUT2D eigenvalue weighted by atomic mass is 9.88. The van der Waals surface area contributed by atoms with Gasteiger partial charge in [0, 0.05) is 13.1 Å². The minimum absolute atomic E-state index is 0.314. The second-order valence-electron chi connectivity index (χ2n) is 7.46. The van der Waals surface area contributed by atoms with Crippen molar-refractivity contribution in [3.63, 3.8) is 0 Å². The van der Waals surface area contributed by atoms with Gasteiger partial charge < -0.3 is 20.3 Å². The standard InChI is InChI=1S/C20H29N5O4/c1-3-7-20(8-4-2)18(27)25(19(28)23-20)14-17(26)22-15-5-6-16(21-13-15)24-9-11-29-12-10-24/h5-6,13H,3-4,7-12,14H2,1-2H3,(H,22,26)(H,23,28). The molecule has 2 N–H and O–H groups in total. The molecule has 0 aliphatic carbocycles. The first-order valence-electron chi connectivity index (χ1n) is 10.2. The fraction of sp³-hybridized carbons (Fsp3) is 0.600. The Bertz CT molecular complexity index is 740. The van der Waals surface area contributed by atoms with Gasteiger partial charge in [0.05, 0.1) is 25.1 Å². The molecule has 4 amide bonds. The van der Waals surface area contributed by atoms with Crippen LogP contribution in [-0.2, 0) is 14.3 Å². The Kier molecular flexibility index (Phi) is 6.68. The van der Waals surface area contributed by atoms with Crippen molar-refractivity contribution in [2.24, 2.45) is 0 Å². The molecule has 9 nitrogen and oxygen atoms in total. The van der Waals surface area contributed by atoms with Crippen LogP contribution in [0.15, 0.2) is 18.3 Å². The van der Waals surface area contributed by atoms with Gasteiger partial charge >= 0.3 is 6.03 Å². The summed E-state index contributed by atoms with van der Waals surface area (Å²) in [5.74, 6) is 0.0738. The maximum atomic E-state index is 12.9. The van der Waals surface area contributed by atoms with Gasteiger partial charge in [0.1, 0.15) is 17.9 Å². The molecular weight excluding hydrogens is 374 g/mol. The third-order valence-corrected chi connectivity index (χ3v) is 5.27. The van der Waals surface area contributed by atoms with Crippen LogP contribution in [0.3, 0.4) is 0 Å². The molecule has 1 aromatic heterocycles. The van der Waals surface area contributed by atoms with Gasteiger partial charge in [0.2, 0.25) is 5.91 Å². The van der Waals surface area contributed by atoms with Crippen LogP contribution in [0.25, 0.3) is 0 Å². The number of morpholine rings is 1. The van der Waals surface area contributed by atoms with Crippen LogP contribution < -0.4 is 15.5 Å². The molecule has 3 heterocycles. The molecule has 0 unspecified atom stereocenters. The van der Waals surface area contributed by atoms with Gasteiger partial charge in [-0.05, 0) is 25.0 Å². The fourth-order valence-electron chi connectivity index (χ4n) is 3.92. The molecule has 158 valence electrons. The highest BCUT2D eigenvalue weighted by molar-refractivity contribution is 6.10. The summed E-state index contributed by atoms with van der Waals surface area (Å²) in [6, 6.07) is 3.09. The Labute approximate surface area is 170 Å². The lowest BCUT2D eigenvalue weighted by Crippen LogP contribution is -2.47. The zero-order valence-electron chi connectivity index (χ0n) is 17.1. The van der Waals surface area contributed by atoms with Crippen molar-refractivity contribution in [1.82, 2.24) is 15.2 Å². The van der Waals surface area contributed by atoms with Gasteiger partial charge in [0.15, 0.2) is 0 Å². The molecule has 9 heteroatoms. The summed E-state index contributed by atoms with van der Waals surface area (Å²) < 4.78 is 5.33. The molecule has 2 fully saturated rings. The van der Waals surface area contributed by atoms with Crippen molar-refractivity contribution in [3.8, 4) is 0 Å². The number of aromatic nitrogens is 1. The van der Waals surface area contributed by atoms with E-state index in [1.807, 2.05) is 19.9 Å². The third kappa shape index (κ3) is 4.67. The largest absolute Gasteiger partial charge is 0.378 e. The van der Waals surface area contributed by atoms with Crippen LogP contribution in [0.1, 0.15) is 39.5 Å². The monoisotopic (exact) mass is 403 g/mol. The molecular formula is C20H29N5O4. The Morgan fingerprint density at radius 3 is 2.48 bits per heavy atom. The zero-order chi connectivity index (χ0) is 20.9. The van der Waals surface area contributed by atoms with Crippen molar-refractivity contribution in [1.29, 1.82) is 0 Å². The van der Waals surface area contributed by atoms with Crippen LogP contribution >= 0.6 is 0 Å². The molecule has 0 atom stereocenters. The SMILES string of the molecule is CCCC1(CCC)NC(=O)N(CC(=O)Nc2ccc(N3CCOCC3)nc2)C1=O. The van der Waals surface area contributed by atoms with E-state index >= 15 is 0 Å². The minimum atomic E-state index is -0.887. The van der Waals surface area contributed by atoms with Gasteiger partial charge in [-0.3, -0.25) is 14.5 Å². The summed E-state index contributed by atoms with van der Waals surface area (Å²) in [7, 11) is 0. The molecule has 0 aromatic carbocycles. The highest BCUT2D eigenvalue weighted by Crippen LogP contribution is 2.28. The van der Waals surface area contributed by atoms with E-state index in [-0.39, 0.29) is 12.5 Å². The van der Waals surface area contributed by atoms with E-state index in [1.165, 1.54) is 0 Å². The fourth-order valence-corrected chi connectivity index (χ4v) is 3.92. The highest BCUT2D eigenvalue weighted by atomic mass is 16.5. The topological polar surface area (TPSA) is 104 Å². The summed E-state index contributed by atoms with van der Waals surface area (Å²) in [4.78, 5) is 45.1. The number of ether oxygens (including phenoxy) is 1. The van der Waals surface area contributed by atoms with Crippen molar-refractivity contribution in [3.05, 3.63) is 18.3 Å². The second kappa shape index (κ2) is 9.21. The summed E-state index contributed by atoms with van der Waals surface area (Å²) in [5.41, 5.74) is -0.366. The van der Waals surface area contributed by atoms with E-state index in [0.29, 0.717) is 31.7 Å². The first-order chi connectivity index (χ1) is 14.0. The number of anilines is 2. The van der Waals surface area contributed by atoms with Crippen molar-refractivity contribution < 1.29 is 19.1 Å². The number of imide groups is 1. The molecule has 2 aliphatic rings. The van der Waals surface area contributed by atoms with Gasteiger partial charge in [-0.15, -0.1) is 0 Å². The molecule has 0 spiro atoms. The van der Waals surface area contributed by atoms with Crippen molar-refractivity contribution in [2.45, 2.75) is 45.1 Å². The number of pyridine rings is 1. The molecule has 0 bridgehead atoms. The maximum Gasteiger partial charge on any atom is 0.325 e. The van der Waals surface area contributed by atoms with Gasteiger partial charge in [-0.2, -0.15) is 0 Å². The van der Waals surface area contributed by atoms with Gasteiger partial charge in [-0.1, -0.05) is 26.7 Å². The number of hydrogen-bond acceptors (Lipinski definition) is 6. The van der Waals surface area contributed by atoms with Crippen LogP contribution in [0.2, 0.25) is 0 Å². The molecule has 2 saturated heterocycles. The predicted molar refractivity (Wildman–Crippen MR) is 109 cm³/mol. The van der Waals surface area contributed by atoms with Crippen LogP contribution in [0.5, 0.6) is 0 Å². The lowest BCUT2D eigenvalue weighted by Gasteiger charge is -2.27. The molecule has 2 aliphatic heterocycles. The molecule has 3 rings (SSSR count). The highest BCUT2D eigenvalue weighted by Gasteiger charge is 2.50. The second-order valence-corrected chi connectivity index (χ2v) is 7.46. The van der Waals surface area contributed by atoms with Crippen LogP contribution in [0, 0.1) is 0 Å². The van der Waals surface area contributed by atoms with Gasteiger partial charge in [-0.25, -0.2) is 9.78 Å². The first-order valence-corrected chi connectivity index (χ1v) is 10.2. The Morgan fingerprint density at radius 1 is 1.21 bits per heavy atom. The number of nitrogens with one attached hydrogen (secondary N) is 2. The maximum absolute atomic E-state index is 12.9. The average molecular weight is 403 g/mol. The Morgan fingerprint density at radius 2 is 1.90 bits per heavy atom. The van der Waals surface area contributed by atoms with Crippen LogP contribution in [0.4, 0.5) is 16.3 Å². The quantitative estimate of drug-likeness (QED) is 0.641. The predicted octanol–water partition coefficient (Wildman–Crippen LogP) is 1.75. The number of hydrogen-bond donors (Lipinski definition) is 2. The Balaban J connectivity index is 1.60. The van der Waals surface area contributed by atoms with E-state index in [2.05, 4.69) is 20.5 Å². The summed E-state index contributed by atoms with van der Waals surface area (Å²) >= 11 is 0. The van der Waals surface area contributed by atoms with E-state index in [1.54, 1.807) is 12.3 Å². The average Bonchev–Trinajstić information content (AvgIpc) is 2.94. The smallest absolute Gasteiger partial charge is 0.325 e. The normalized spacial score (nSPS) is 18.7. The third-order valence-electron chi connectivity index (χ3n) is 5.27. The number of rotatable bonds is 8. The van der Waals surface area contributed by atoms with E-state index in [0.717, 1.165) is 36.6 Å². The van der Waals surface area contributed by atoms with E-state index in [9.17, 15) is 14.4 Å². The summed E-state index contributed by atoms with van der Waals surface area (Å²) in [6.07, 6.45) is 4.25. The molecule has 1 aromatic rings. The Hall–Kier alpha value is -2.68. The number of urea groups is 1. The van der Waals surface area contributed by atoms with E-state index < -0.39 is 17.5 Å². The van der Waals surface area contributed by atoms with Crippen molar-refractivity contribution in [2.75, 3.05) is 43.1 Å². The summed E-state index contributed by atoms with van der Waals surface area (Å²) in [6.45, 7) is 6.53. The number of carbonyl (C=O) groups excluding carboxylic acids is 3. The van der Waals surface area contributed by atoms with Crippen molar-refractivity contribution >= 4 is 29.4 Å². The van der Waals surface area contributed by atoms with Crippen LogP contribution in [-0.4, -0.2) is 66.1 Å². The molecule has 0 radical (unpaired) electrons. The van der Waals surface area contributed by atoms with Gasteiger partial charge in [0.25, 0.3) is 5.91 Å². The lowest BCUT2D eigenvalue weighted by molar-refractivity contribution is -0.134. The molecule has 29 heavy (non-hydrogen) atoms. The summed E-state index contributed by atoms with van der Waals surface area (Å²) in [5, 5.41) is 5.52. The van der Waals surface area contributed by atoms with E-state index in [4.69, 9.17) is 4.74 Å². The molecule has 0 saturated carbocycles. The minimum Gasteiger partial charge on any atom is -0.378 e. The first kappa shape index (κ1) is 21.0. The number of carbonyl (C=O) groups is 3. The zero-order valence-corrected chi connectivity index (χ0v) is 17.1. The number of nitrogens with zero attached hydrogens (tertiary/aromatic N) is 3. The number of amides is 4.